The number of unbranched alkanes of at least 4 members (excludes halogenated alkanes) is 2. The predicted octanol–water partition coefficient (Wildman–Crippen LogP) is 5.73. The molecule has 26 heavy (non-hydrogen) atoms. The maximum absolute atomic E-state index is 12.5. The van der Waals surface area contributed by atoms with Crippen molar-refractivity contribution >= 4 is 32.6 Å². The molecular weight excluding hydrogens is 344 g/mol. The first-order chi connectivity index (χ1) is 12.6. The highest BCUT2D eigenvalue weighted by atomic mass is 32.1. The highest BCUT2D eigenvalue weighted by Crippen LogP contribution is 2.29. The lowest BCUT2D eigenvalue weighted by atomic mass is 10.1. The minimum absolute atomic E-state index is 0.157. The summed E-state index contributed by atoms with van der Waals surface area (Å²) in [5.74, 6) is 0.639. The van der Waals surface area contributed by atoms with Crippen molar-refractivity contribution in [3.63, 3.8) is 0 Å². The molecule has 5 heteroatoms. The van der Waals surface area contributed by atoms with Crippen molar-refractivity contribution in [1.29, 1.82) is 0 Å². The number of anilines is 1. The van der Waals surface area contributed by atoms with Crippen LogP contribution in [0.4, 0.5) is 5.13 Å². The van der Waals surface area contributed by atoms with Crippen LogP contribution in [0.15, 0.2) is 36.4 Å². The lowest BCUT2D eigenvalue weighted by Gasteiger charge is -2.06. The number of nitrogens with one attached hydrogen (secondary N) is 1. The van der Waals surface area contributed by atoms with Gasteiger partial charge < -0.3 is 4.74 Å². The van der Waals surface area contributed by atoms with E-state index < -0.39 is 0 Å². The molecule has 0 radical (unpaired) electrons. The average Bonchev–Trinajstić information content (AvgIpc) is 3.02. The SMILES string of the molecule is CCCCCOc1ccc(C(=O)Nc2nc3c(C)cc(C)cc3s2)cc1. The van der Waals surface area contributed by atoms with Gasteiger partial charge in [0.25, 0.3) is 5.91 Å². The Hall–Kier alpha value is -2.40. The van der Waals surface area contributed by atoms with Crippen molar-refractivity contribution in [2.24, 2.45) is 0 Å². The van der Waals surface area contributed by atoms with E-state index in [1.807, 2.05) is 19.1 Å². The van der Waals surface area contributed by atoms with Crippen molar-refractivity contribution in [2.45, 2.75) is 40.0 Å². The molecule has 0 aliphatic rings. The zero-order chi connectivity index (χ0) is 18.5. The van der Waals surface area contributed by atoms with Gasteiger partial charge in [-0.2, -0.15) is 0 Å². The Morgan fingerprint density at radius 3 is 2.65 bits per heavy atom. The lowest BCUT2D eigenvalue weighted by Crippen LogP contribution is -2.11. The van der Waals surface area contributed by atoms with Crippen molar-refractivity contribution in [2.75, 3.05) is 11.9 Å². The molecule has 0 fully saturated rings. The van der Waals surface area contributed by atoms with Gasteiger partial charge >= 0.3 is 0 Å². The molecule has 3 aromatic rings. The average molecular weight is 369 g/mol. The van der Waals surface area contributed by atoms with Gasteiger partial charge in [-0.3, -0.25) is 10.1 Å². The quantitative estimate of drug-likeness (QED) is 0.541. The van der Waals surface area contributed by atoms with Crippen molar-refractivity contribution in [3.8, 4) is 5.75 Å². The van der Waals surface area contributed by atoms with E-state index in [9.17, 15) is 4.79 Å². The zero-order valence-corrected chi connectivity index (χ0v) is 16.3. The van der Waals surface area contributed by atoms with Gasteiger partial charge in [0.1, 0.15) is 5.75 Å². The van der Waals surface area contributed by atoms with E-state index >= 15 is 0 Å². The molecule has 0 aliphatic heterocycles. The van der Waals surface area contributed by atoms with E-state index in [0.29, 0.717) is 17.3 Å². The first-order valence-electron chi connectivity index (χ1n) is 8.99. The molecule has 136 valence electrons. The number of amides is 1. The molecule has 2 aromatic carbocycles. The van der Waals surface area contributed by atoms with Gasteiger partial charge in [0.2, 0.25) is 0 Å². The molecule has 4 nitrogen and oxygen atoms in total. The normalized spacial score (nSPS) is 10.9. The van der Waals surface area contributed by atoms with Crippen molar-refractivity contribution in [3.05, 3.63) is 53.1 Å². The van der Waals surface area contributed by atoms with E-state index in [1.165, 1.54) is 29.7 Å². The molecule has 0 atom stereocenters. The predicted molar refractivity (Wildman–Crippen MR) is 109 cm³/mol. The van der Waals surface area contributed by atoms with Gasteiger partial charge in [0.05, 0.1) is 16.8 Å². The van der Waals surface area contributed by atoms with Crippen LogP contribution in [0.25, 0.3) is 10.2 Å². The third kappa shape index (κ3) is 4.41. The van der Waals surface area contributed by atoms with Crippen LogP contribution in [0.3, 0.4) is 0 Å². The zero-order valence-electron chi connectivity index (χ0n) is 15.5. The summed E-state index contributed by atoms with van der Waals surface area (Å²) in [5.41, 5.74) is 3.87. The molecule has 1 aromatic heterocycles. The number of fused-ring (bicyclic) bond motifs is 1. The molecule has 1 heterocycles. The fourth-order valence-electron chi connectivity index (χ4n) is 2.84. The topological polar surface area (TPSA) is 51.2 Å². The Balaban J connectivity index is 1.65. The first kappa shape index (κ1) is 18.4. The standard InChI is InChI=1S/C21H24N2O2S/c1-4-5-6-11-25-17-9-7-16(8-10-17)20(24)23-21-22-19-15(3)12-14(2)13-18(19)26-21/h7-10,12-13H,4-6,11H2,1-3H3,(H,22,23,24). The first-order valence-corrected chi connectivity index (χ1v) is 9.80. The number of aryl methyl sites for hydroxylation is 2. The Labute approximate surface area is 158 Å². The molecule has 3 rings (SSSR count). The number of nitrogens with zero attached hydrogens (tertiary/aromatic N) is 1. The largest absolute Gasteiger partial charge is 0.494 e. The van der Waals surface area contributed by atoms with Crippen LogP contribution in [0.5, 0.6) is 5.75 Å². The second-order valence-corrected chi connectivity index (χ2v) is 7.51. The van der Waals surface area contributed by atoms with E-state index in [4.69, 9.17) is 4.74 Å². The van der Waals surface area contributed by atoms with E-state index in [-0.39, 0.29) is 5.91 Å². The Morgan fingerprint density at radius 2 is 1.92 bits per heavy atom. The smallest absolute Gasteiger partial charge is 0.257 e. The molecule has 0 bridgehead atoms. The summed E-state index contributed by atoms with van der Waals surface area (Å²) in [6.45, 7) is 6.99. The number of hydrogen-bond acceptors (Lipinski definition) is 4. The third-order valence-corrected chi connectivity index (χ3v) is 5.10. The molecule has 0 saturated carbocycles. The van der Waals surface area contributed by atoms with Crippen LogP contribution in [-0.4, -0.2) is 17.5 Å². The summed E-state index contributed by atoms with van der Waals surface area (Å²) in [7, 11) is 0. The molecule has 1 N–H and O–H groups in total. The summed E-state index contributed by atoms with van der Waals surface area (Å²) in [4.78, 5) is 17.0. The van der Waals surface area contributed by atoms with Gasteiger partial charge in [-0.15, -0.1) is 0 Å². The van der Waals surface area contributed by atoms with Gasteiger partial charge in [0.15, 0.2) is 5.13 Å². The minimum Gasteiger partial charge on any atom is -0.494 e. The number of rotatable bonds is 7. The number of hydrogen-bond donors (Lipinski definition) is 1. The van der Waals surface area contributed by atoms with Gasteiger partial charge in [-0.05, 0) is 61.7 Å². The van der Waals surface area contributed by atoms with Gasteiger partial charge in [-0.25, -0.2) is 4.98 Å². The Morgan fingerprint density at radius 1 is 1.15 bits per heavy atom. The van der Waals surface area contributed by atoms with Crippen LogP contribution in [0, 0.1) is 13.8 Å². The number of ether oxygens (including phenoxy) is 1. The summed E-state index contributed by atoms with van der Waals surface area (Å²) >= 11 is 1.50. The number of carbonyl (C=O) groups excluding carboxylic acids is 1. The van der Waals surface area contributed by atoms with Crippen LogP contribution in [0.2, 0.25) is 0 Å². The summed E-state index contributed by atoms with van der Waals surface area (Å²) in [5, 5.41) is 3.53. The monoisotopic (exact) mass is 368 g/mol. The van der Waals surface area contributed by atoms with Crippen LogP contribution in [0.1, 0.15) is 47.7 Å². The maximum Gasteiger partial charge on any atom is 0.257 e. The fraction of sp³-hybridized carbons (Fsp3) is 0.333. The highest BCUT2D eigenvalue weighted by molar-refractivity contribution is 7.22. The minimum atomic E-state index is -0.157. The highest BCUT2D eigenvalue weighted by Gasteiger charge is 2.11. The molecule has 0 saturated heterocycles. The number of thiazole rings is 1. The maximum atomic E-state index is 12.5. The summed E-state index contributed by atoms with van der Waals surface area (Å²) < 4.78 is 6.77. The molecule has 0 spiro atoms. The Kier molecular flexibility index (Phi) is 5.89. The second kappa shape index (κ2) is 8.32. The Bertz CT molecular complexity index is 900. The third-order valence-electron chi connectivity index (χ3n) is 4.18. The number of benzene rings is 2. The summed E-state index contributed by atoms with van der Waals surface area (Å²) in [6.07, 6.45) is 3.39. The molecule has 0 aliphatic carbocycles. The van der Waals surface area contributed by atoms with E-state index in [2.05, 4.69) is 36.3 Å². The molecule has 1 amide bonds. The van der Waals surface area contributed by atoms with Gasteiger partial charge in [0, 0.05) is 5.56 Å². The fourth-order valence-corrected chi connectivity index (χ4v) is 3.88. The number of carbonyl (C=O) groups is 1. The van der Waals surface area contributed by atoms with Crippen LogP contribution in [-0.2, 0) is 0 Å². The van der Waals surface area contributed by atoms with Crippen molar-refractivity contribution < 1.29 is 9.53 Å². The summed E-state index contributed by atoms with van der Waals surface area (Å²) in [6, 6.07) is 11.5. The second-order valence-electron chi connectivity index (χ2n) is 6.48. The molecular formula is C21H24N2O2S. The van der Waals surface area contributed by atoms with Crippen LogP contribution < -0.4 is 10.1 Å². The molecule has 0 unspecified atom stereocenters. The number of aromatic nitrogens is 1. The van der Waals surface area contributed by atoms with E-state index in [0.717, 1.165) is 28.0 Å². The van der Waals surface area contributed by atoms with Crippen LogP contribution >= 0.6 is 11.3 Å². The van der Waals surface area contributed by atoms with E-state index in [1.54, 1.807) is 12.1 Å². The lowest BCUT2D eigenvalue weighted by molar-refractivity contribution is 0.102. The van der Waals surface area contributed by atoms with Gasteiger partial charge in [-0.1, -0.05) is 37.2 Å². The van der Waals surface area contributed by atoms with Crippen molar-refractivity contribution in [1.82, 2.24) is 4.98 Å².